The smallest absolute Gasteiger partial charge is 0.204 e. The van der Waals surface area contributed by atoms with Crippen LogP contribution in [-0.4, -0.2) is 9.78 Å². The van der Waals surface area contributed by atoms with E-state index in [1.807, 2.05) is 37.3 Å². The topological polar surface area (TPSA) is 58.7 Å². The molecule has 0 N–H and O–H groups in total. The van der Waals surface area contributed by atoms with Crippen molar-refractivity contribution in [3.63, 3.8) is 0 Å². The first kappa shape index (κ1) is 13.0. The summed E-state index contributed by atoms with van der Waals surface area (Å²) in [6.07, 6.45) is 1.02. The van der Waals surface area contributed by atoms with E-state index >= 15 is 0 Å². The number of benzene rings is 1. The third kappa shape index (κ3) is 2.71. The van der Waals surface area contributed by atoms with Crippen LogP contribution < -0.4 is 5.43 Å². The summed E-state index contributed by atoms with van der Waals surface area (Å²) in [6, 6.07) is 11.5. The van der Waals surface area contributed by atoms with Gasteiger partial charge in [0.2, 0.25) is 5.43 Å². The zero-order chi connectivity index (χ0) is 13.8. The van der Waals surface area contributed by atoms with Crippen LogP contribution in [0.5, 0.6) is 0 Å². The Kier molecular flexibility index (Phi) is 3.76. The Labute approximate surface area is 111 Å². The van der Waals surface area contributed by atoms with Gasteiger partial charge in [-0.3, -0.25) is 4.79 Å². The second kappa shape index (κ2) is 5.49. The van der Waals surface area contributed by atoms with Crippen molar-refractivity contribution in [2.24, 2.45) is 0 Å². The molecule has 0 atom stereocenters. The molecule has 0 spiro atoms. The van der Waals surface area contributed by atoms with E-state index in [-0.39, 0.29) is 17.5 Å². The standard InChI is InChI=1S/C15H15N3O/c1-3-12-4-6-13(7-5-12)18-11(2)10-15(19)14(17-18)8-9-16/h4-7,10H,3,8H2,1-2H3. The summed E-state index contributed by atoms with van der Waals surface area (Å²) in [5.41, 5.74) is 3.01. The maximum absolute atomic E-state index is 11.7. The molecule has 0 saturated carbocycles. The Morgan fingerprint density at radius 3 is 2.58 bits per heavy atom. The quantitative estimate of drug-likeness (QED) is 0.842. The summed E-state index contributed by atoms with van der Waals surface area (Å²) in [4.78, 5) is 11.7. The first-order valence-corrected chi connectivity index (χ1v) is 6.22. The fraction of sp³-hybridized carbons (Fsp3) is 0.267. The minimum absolute atomic E-state index is 0.0339. The van der Waals surface area contributed by atoms with E-state index in [1.54, 1.807) is 4.68 Å². The Morgan fingerprint density at radius 2 is 2.00 bits per heavy atom. The van der Waals surface area contributed by atoms with Gasteiger partial charge >= 0.3 is 0 Å². The number of nitriles is 1. The van der Waals surface area contributed by atoms with Crippen molar-refractivity contribution in [1.82, 2.24) is 9.78 Å². The molecule has 0 aliphatic rings. The number of rotatable bonds is 3. The van der Waals surface area contributed by atoms with E-state index in [1.165, 1.54) is 11.6 Å². The third-order valence-electron chi connectivity index (χ3n) is 3.01. The molecule has 0 amide bonds. The van der Waals surface area contributed by atoms with Crippen LogP contribution >= 0.6 is 0 Å². The van der Waals surface area contributed by atoms with Crippen LogP contribution in [0.2, 0.25) is 0 Å². The lowest BCUT2D eigenvalue weighted by atomic mass is 10.1. The highest BCUT2D eigenvalue weighted by Crippen LogP contribution is 2.11. The van der Waals surface area contributed by atoms with Crippen LogP contribution in [0.3, 0.4) is 0 Å². The summed E-state index contributed by atoms with van der Waals surface area (Å²) in [7, 11) is 0. The van der Waals surface area contributed by atoms with Gasteiger partial charge in [0.05, 0.1) is 18.2 Å². The van der Waals surface area contributed by atoms with E-state index in [4.69, 9.17) is 5.26 Å². The van der Waals surface area contributed by atoms with Gasteiger partial charge < -0.3 is 0 Å². The summed E-state index contributed by atoms with van der Waals surface area (Å²) in [5.74, 6) is 0. The van der Waals surface area contributed by atoms with E-state index in [2.05, 4.69) is 12.0 Å². The van der Waals surface area contributed by atoms with Crippen molar-refractivity contribution in [3.8, 4) is 11.8 Å². The van der Waals surface area contributed by atoms with Crippen LogP contribution in [0, 0.1) is 18.3 Å². The summed E-state index contributed by atoms with van der Waals surface area (Å²) in [5, 5.41) is 13.0. The van der Waals surface area contributed by atoms with E-state index < -0.39 is 0 Å². The lowest BCUT2D eigenvalue weighted by Gasteiger charge is -2.10. The molecule has 0 aliphatic heterocycles. The molecule has 0 fully saturated rings. The highest BCUT2D eigenvalue weighted by Gasteiger charge is 2.07. The molecule has 1 heterocycles. The first-order valence-electron chi connectivity index (χ1n) is 6.22. The molecule has 0 aliphatic carbocycles. The first-order chi connectivity index (χ1) is 9.15. The molecule has 0 radical (unpaired) electrons. The molecular formula is C15H15N3O. The predicted molar refractivity (Wildman–Crippen MR) is 73.3 cm³/mol. The van der Waals surface area contributed by atoms with Gasteiger partial charge in [-0.2, -0.15) is 10.4 Å². The average molecular weight is 253 g/mol. The number of aryl methyl sites for hydroxylation is 2. The molecule has 2 aromatic rings. The van der Waals surface area contributed by atoms with Crippen molar-refractivity contribution in [1.29, 1.82) is 5.26 Å². The van der Waals surface area contributed by atoms with Crippen LogP contribution in [0.4, 0.5) is 0 Å². The molecule has 0 saturated heterocycles. The SMILES string of the molecule is CCc1ccc(-n2nc(CC#N)c(=O)cc2C)cc1. The maximum atomic E-state index is 11.7. The minimum Gasteiger partial charge on any atom is -0.288 e. The molecule has 96 valence electrons. The fourth-order valence-corrected chi connectivity index (χ4v) is 1.91. The van der Waals surface area contributed by atoms with Crippen LogP contribution in [0.1, 0.15) is 23.9 Å². The molecule has 0 unspecified atom stereocenters. The molecule has 4 nitrogen and oxygen atoms in total. The van der Waals surface area contributed by atoms with Gasteiger partial charge in [0, 0.05) is 11.8 Å². The molecule has 1 aromatic carbocycles. The zero-order valence-corrected chi connectivity index (χ0v) is 11.1. The van der Waals surface area contributed by atoms with Gasteiger partial charge in [0.15, 0.2) is 0 Å². The second-order valence-corrected chi connectivity index (χ2v) is 4.36. The largest absolute Gasteiger partial charge is 0.288 e. The highest BCUT2D eigenvalue weighted by atomic mass is 16.1. The number of hydrogen-bond donors (Lipinski definition) is 0. The highest BCUT2D eigenvalue weighted by molar-refractivity contribution is 5.35. The third-order valence-corrected chi connectivity index (χ3v) is 3.01. The summed E-state index contributed by atoms with van der Waals surface area (Å²) in [6.45, 7) is 3.93. The van der Waals surface area contributed by atoms with Gasteiger partial charge in [0.25, 0.3) is 0 Å². The predicted octanol–water partition coefficient (Wildman–Crippen LogP) is 2.17. The Balaban J connectivity index is 2.51. The van der Waals surface area contributed by atoms with Crippen molar-refractivity contribution in [2.75, 3.05) is 0 Å². The Morgan fingerprint density at radius 1 is 1.32 bits per heavy atom. The van der Waals surface area contributed by atoms with E-state index in [9.17, 15) is 4.79 Å². The molecular weight excluding hydrogens is 238 g/mol. The van der Waals surface area contributed by atoms with E-state index in [0.717, 1.165) is 17.8 Å². The molecule has 2 rings (SSSR count). The number of hydrogen-bond acceptors (Lipinski definition) is 3. The lowest BCUT2D eigenvalue weighted by Crippen LogP contribution is -2.18. The van der Waals surface area contributed by atoms with Crippen molar-refractivity contribution >= 4 is 0 Å². The number of aromatic nitrogens is 2. The minimum atomic E-state index is -0.180. The van der Waals surface area contributed by atoms with Crippen molar-refractivity contribution in [3.05, 3.63) is 57.5 Å². The summed E-state index contributed by atoms with van der Waals surface area (Å²) < 4.78 is 1.70. The van der Waals surface area contributed by atoms with Gasteiger partial charge in [-0.05, 0) is 31.0 Å². The van der Waals surface area contributed by atoms with Crippen LogP contribution in [0.25, 0.3) is 5.69 Å². The summed E-state index contributed by atoms with van der Waals surface area (Å²) >= 11 is 0. The average Bonchev–Trinajstić information content (AvgIpc) is 2.42. The van der Waals surface area contributed by atoms with Gasteiger partial charge in [-0.25, -0.2) is 4.68 Å². The van der Waals surface area contributed by atoms with Crippen molar-refractivity contribution < 1.29 is 0 Å². The van der Waals surface area contributed by atoms with E-state index in [0.29, 0.717) is 0 Å². The number of nitrogens with zero attached hydrogens (tertiary/aromatic N) is 3. The normalized spacial score (nSPS) is 10.2. The van der Waals surface area contributed by atoms with Crippen molar-refractivity contribution in [2.45, 2.75) is 26.7 Å². The molecule has 0 bridgehead atoms. The second-order valence-electron chi connectivity index (χ2n) is 4.36. The monoisotopic (exact) mass is 253 g/mol. The van der Waals surface area contributed by atoms with Crippen LogP contribution in [0.15, 0.2) is 35.1 Å². The zero-order valence-electron chi connectivity index (χ0n) is 11.1. The molecule has 4 heteroatoms. The van der Waals surface area contributed by atoms with Gasteiger partial charge in [0.1, 0.15) is 5.69 Å². The van der Waals surface area contributed by atoms with Gasteiger partial charge in [-0.15, -0.1) is 0 Å². The molecule has 19 heavy (non-hydrogen) atoms. The molecule has 1 aromatic heterocycles. The maximum Gasteiger partial charge on any atom is 0.204 e. The lowest BCUT2D eigenvalue weighted by molar-refractivity contribution is 0.766. The fourth-order valence-electron chi connectivity index (χ4n) is 1.91. The van der Waals surface area contributed by atoms with Crippen LogP contribution in [-0.2, 0) is 12.8 Å². The Hall–Kier alpha value is -2.41. The van der Waals surface area contributed by atoms with Gasteiger partial charge in [-0.1, -0.05) is 19.1 Å². The Bertz CT molecular complexity index is 678.